The molecule has 2 aliphatic rings. The first-order valence-electron chi connectivity index (χ1n) is 7.13. The molecule has 2 N–H and O–H groups in total. The van der Waals surface area contributed by atoms with Crippen molar-refractivity contribution >= 4 is 9.84 Å². The molecule has 1 aliphatic heterocycles. The van der Waals surface area contributed by atoms with Crippen LogP contribution < -0.4 is 5.73 Å². The monoisotopic (exact) mass is 274 g/mol. The Morgan fingerprint density at radius 2 is 1.89 bits per heavy atom. The number of nitrogens with zero attached hydrogens (tertiary/aromatic N) is 1. The van der Waals surface area contributed by atoms with Crippen LogP contribution in [0.1, 0.15) is 44.9 Å². The Labute approximate surface area is 111 Å². The molecule has 1 heterocycles. The van der Waals surface area contributed by atoms with Crippen molar-refractivity contribution in [1.82, 2.24) is 4.90 Å². The standard InChI is InChI=1S/C13H26N2O2S/c1-15(12-6-3-2-4-7-12)13(10-14)8-5-9-18(16,17)11-13/h12H,2-11,14H2,1H3. The molecule has 1 aliphatic carbocycles. The molecule has 0 amide bonds. The van der Waals surface area contributed by atoms with Crippen molar-refractivity contribution in [1.29, 1.82) is 0 Å². The van der Waals surface area contributed by atoms with Gasteiger partial charge in [0.25, 0.3) is 0 Å². The van der Waals surface area contributed by atoms with Crippen LogP contribution in [0.3, 0.4) is 0 Å². The number of nitrogens with two attached hydrogens (primary N) is 1. The van der Waals surface area contributed by atoms with Gasteiger partial charge in [-0.15, -0.1) is 0 Å². The summed E-state index contributed by atoms with van der Waals surface area (Å²) in [4.78, 5) is 2.31. The van der Waals surface area contributed by atoms with Gasteiger partial charge >= 0.3 is 0 Å². The van der Waals surface area contributed by atoms with Crippen LogP contribution in [0.5, 0.6) is 0 Å². The maximum Gasteiger partial charge on any atom is 0.152 e. The van der Waals surface area contributed by atoms with Gasteiger partial charge in [0.15, 0.2) is 9.84 Å². The van der Waals surface area contributed by atoms with E-state index in [9.17, 15) is 8.42 Å². The third-order valence-corrected chi connectivity index (χ3v) is 6.72. The topological polar surface area (TPSA) is 63.4 Å². The van der Waals surface area contributed by atoms with Crippen LogP contribution in [0.2, 0.25) is 0 Å². The van der Waals surface area contributed by atoms with E-state index in [-0.39, 0.29) is 11.3 Å². The number of sulfone groups is 1. The van der Waals surface area contributed by atoms with Crippen molar-refractivity contribution in [2.24, 2.45) is 5.73 Å². The zero-order valence-corrected chi connectivity index (χ0v) is 12.2. The highest BCUT2D eigenvalue weighted by molar-refractivity contribution is 7.91. The van der Waals surface area contributed by atoms with E-state index in [0.29, 0.717) is 18.3 Å². The van der Waals surface area contributed by atoms with Crippen molar-refractivity contribution in [3.05, 3.63) is 0 Å². The van der Waals surface area contributed by atoms with Crippen molar-refractivity contribution in [3.8, 4) is 0 Å². The summed E-state index contributed by atoms with van der Waals surface area (Å²) in [6.07, 6.45) is 7.92. The fraction of sp³-hybridized carbons (Fsp3) is 1.00. The molecule has 0 aromatic carbocycles. The molecule has 18 heavy (non-hydrogen) atoms. The third-order valence-electron chi connectivity index (χ3n) is 4.84. The van der Waals surface area contributed by atoms with Crippen LogP contribution in [-0.2, 0) is 9.84 Å². The zero-order valence-electron chi connectivity index (χ0n) is 11.4. The summed E-state index contributed by atoms with van der Waals surface area (Å²) >= 11 is 0. The normalized spacial score (nSPS) is 33.7. The summed E-state index contributed by atoms with van der Waals surface area (Å²) in [5, 5.41) is 0. The van der Waals surface area contributed by atoms with E-state index in [0.717, 1.165) is 12.8 Å². The van der Waals surface area contributed by atoms with E-state index in [1.54, 1.807) is 0 Å². The van der Waals surface area contributed by atoms with Crippen molar-refractivity contribution in [2.45, 2.75) is 56.5 Å². The number of hydrogen-bond donors (Lipinski definition) is 1. The molecule has 0 radical (unpaired) electrons. The van der Waals surface area contributed by atoms with Gasteiger partial charge in [-0.25, -0.2) is 8.42 Å². The summed E-state index contributed by atoms with van der Waals surface area (Å²) in [6.45, 7) is 0.458. The van der Waals surface area contributed by atoms with Crippen LogP contribution in [0.4, 0.5) is 0 Å². The largest absolute Gasteiger partial charge is 0.329 e. The lowest BCUT2D eigenvalue weighted by Gasteiger charge is -2.48. The van der Waals surface area contributed by atoms with Gasteiger partial charge in [-0.05, 0) is 32.7 Å². The van der Waals surface area contributed by atoms with Gasteiger partial charge in [-0.1, -0.05) is 19.3 Å². The maximum absolute atomic E-state index is 11.9. The Balaban J connectivity index is 2.15. The average Bonchev–Trinajstić information content (AvgIpc) is 2.37. The molecule has 1 saturated carbocycles. The van der Waals surface area contributed by atoms with E-state index >= 15 is 0 Å². The van der Waals surface area contributed by atoms with Crippen molar-refractivity contribution in [3.63, 3.8) is 0 Å². The highest BCUT2D eigenvalue weighted by atomic mass is 32.2. The second-order valence-corrected chi connectivity index (χ2v) is 8.21. The van der Waals surface area contributed by atoms with Gasteiger partial charge in [-0.3, -0.25) is 4.90 Å². The van der Waals surface area contributed by atoms with E-state index in [4.69, 9.17) is 5.73 Å². The molecule has 2 fully saturated rings. The minimum Gasteiger partial charge on any atom is -0.329 e. The van der Waals surface area contributed by atoms with Crippen LogP contribution in [0, 0.1) is 0 Å². The van der Waals surface area contributed by atoms with Crippen LogP contribution in [0.25, 0.3) is 0 Å². The molecular formula is C13H26N2O2S. The van der Waals surface area contributed by atoms with E-state index in [1.165, 1.54) is 32.1 Å². The van der Waals surface area contributed by atoms with Crippen molar-refractivity contribution < 1.29 is 8.42 Å². The van der Waals surface area contributed by atoms with Crippen LogP contribution in [0.15, 0.2) is 0 Å². The minimum absolute atomic E-state index is 0.253. The predicted octanol–water partition coefficient (Wildman–Crippen LogP) is 1.16. The smallest absolute Gasteiger partial charge is 0.152 e. The van der Waals surface area contributed by atoms with Gasteiger partial charge in [0.05, 0.1) is 11.5 Å². The summed E-state index contributed by atoms with van der Waals surface area (Å²) < 4.78 is 23.9. The number of hydrogen-bond acceptors (Lipinski definition) is 4. The number of rotatable bonds is 3. The minimum atomic E-state index is -2.91. The Hall–Kier alpha value is -0.130. The highest BCUT2D eigenvalue weighted by Gasteiger charge is 2.43. The van der Waals surface area contributed by atoms with Crippen LogP contribution >= 0.6 is 0 Å². The molecule has 0 aromatic rings. The van der Waals surface area contributed by atoms with Gasteiger partial charge in [0.1, 0.15) is 0 Å². The second kappa shape index (κ2) is 5.47. The lowest BCUT2D eigenvalue weighted by molar-refractivity contribution is 0.0630. The van der Waals surface area contributed by atoms with Gasteiger partial charge in [0, 0.05) is 18.1 Å². The summed E-state index contributed by atoms with van der Waals surface area (Å²) in [5.74, 6) is 0.594. The molecule has 1 atom stereocenters. The Morgan fingerprint density at radius 1 is 1.22 bits per heavy atom. The fourth-order valence-corrected chi connectivity index (χ4v) is 5.63. The van der Waals surface area contributed by atoms with Gasteiger partial charge in [-0.2, -0.15) is 0 Å². The maximum atomic E-state index is 11.9. The van der Waals surface area contributed by atoms with E-state index < -0.39 is 9.84 Å². The first kappa shape index (κ1) is 14.3. The molecular weight excluding hydrogens is 248 g/mol. The molecule has 0 bridgehead atoms. The summed E-state index contributed by atoms with van der Waals surface area (Å²) in [6, 6.07) is 0.524. The molecule has 0 aromatic heterocycles. The highest BCUT2D eigenvalue weighted by Crippen LogP contribution is 2.33. The molecule has 106 valence electrons. The van der Waals surface area contributed by atoms with Gasteiger partial charge < -0.3 is 5.73 Å². The van der Waals surface area contributed by atoms with Crippen molar-refractivity contribution in [2.75, 3.05) is 25.1 Å². The molecule has 4 nitrogen and oxygen atoms in total. The average molecular weight is 274 g/mol. The van der Waals surface area contributed by atoms with Crippen LogP contribution in [-0.4, -0.2) is 50.0 Å². The quantitative estimate of drug-likeness (QED) is 0.839. The van der Waals surface area contributed by atoms with E-state index in [2.05, 4.69) is 11.9 Å². The molecule has 1 unspecified atom stereocenters. The van der Waals surface area contributed by atoms with E-state index in [1.807, 2.05) is 0 Å². The third kappa shape index (κ3) is 2.89. The first-order valence-corrected chi connectivity index (χ1v) is 8.95. The molecule has 5 heteroatoms. The summed E-state index contributed by atoms with van der Waals surface area (Å²) in [7, 11) is -0.821. The summed E-state index contributed by atoms with van der Waals surface area (Å²) in [5.41, 5.74) is 5.65. The Morgan fingerprint density at radius 3 is 2.44 bits per heavy atom. The SMILES string of the molecule is CN(C1CCCCC1)C1(CN)CCCS(=O)(=O)C1. The number of likely N-dealkylation sites (N-methyl/N-ethyl adjacent to an activating group) is 1. The predicted molar refractivity (Wildman–Crippen MR) is 74.3 cm³/mol. The Kier molecular flexibility index (Phi) is 4.34. The molecule has 1 saturated heterocycles. The molecule has 0 spiro atoms. The van der Waals surface area contributed by atoms with Gasteiger partial charge in [0.2, 0.25) is 0 Å². The fourth-order valence-electron chi connectivity index (χ4n) is 3.61. The Bertz CT molecular complexity index is 376. The lowest BCUT2D eigenvalue weighted by Crippen LogP contribution is -2.61. The second-order valence-electron chi connectivity index (χ2n) is 6.03. The first-order chi connectivity index (χ1) is 8.49. The lowest BCUT2D eigenvalue weighted by atomic mass is 9.87. The molecule has 2 rings (SSSR count). The zero-order chi connectivity index (χ0) is 13.2.